The number of rotatable bonds is 2. The van der Waals surface area contributed by atoms with Gasteiger partial charge in [0, 0.05) is 0 Å². The van der Waals surface area contributed by atoms with Crippen LogP contribution in [0.25, 0.3) is 0 Å². The zero-order valence-corrected chi connectivity index (χ0v) is 6.99. The second-order valence-corrected chi connectivity index (χ2v) is 3.16. The molecular formula is C9H14NO+. The standard InChI is InChI=1S/C9H14NO/c1-10(2,8-11)9-6-4-3-5-7-9/h3-7,11H,8H2,1-2H3/q+1. The van der Waals surface area contributed by atoms with Gasteiger partial charge in [0.05, 0.1) is 14.1 Å². The second-order valence-electron chi connectivity index (χ2n) is 3.16. The van der Waals surface area contributed by atoms with Crippen molar-refractivity contribution in [3.8, 4) is 0 Å². The SMILES string of the molecule is C[N+](C)(CO)c1ccccc1. The van der Waals surface area contributed by atoms with Gasteiger partial charge in [0.2, 0.25) is 0 Å². The highest BCUT2D eigenvalue weighted by molar-refractivity contribution is 5.40. The molecule has 11 heavy (non-hydrogen) atoms. The third kappa shape index (κ3) is 1.79. The Morgan fingerprint density at radius 3 is 2.18 bits per heavy atom. The maximum absolute atomic E-state index is 9.02. The zero-order chi connectivity index (χ0) is 8.32. The van der Waals surface area contributed by atoms with Gasteiger partial charge in [-0.05, 0) is 12.1 Å². The molecule has 0 spiro atoms. The van der Waals surface area contributed by atoms with E-state index in [0.29, 0.717) is 4.48 Å². The lowest BCUT2D eigenvalue weighted by Gasteiger charge is -2.25. The molecule has 2 nitrogen and oxygen atoms in total. The molecule has 0 fully saturated rings. The number of aliphatic hydroxyl groups is 1. The third-order valence-electron chi connectivity index (χ3n) is 1.81. The summed E-state index contributed by atoms with van der Waals surface area (Å²) in [5.41, 5.74) is 1.12. The lowest BCUT2D eigenvalue weighted by atomic mass is 10.3. The first kappa shape index (κ1) is 8.24. The van der Waals surface area contributed by atoms with Crippen LogP contribution in [0.4, 0.5) is 5.69 Å². The summed E-state index contributed by atoms with van der Waals surface area (Å²) in [5.74, 6) is 0. The van der Waals surface area contributed by atoms with Crippen LogP contribution in [0.5, 0.6) is 0 Å². The van der Waals surface area contributed by atoms with Crippen LogP contribution in [0.1, 0.15) is 0 Å². The highest BCUT2D eigenvalue weighted by atomic mass is 16.3. The highest BCUT2D eigenvalue weighted by Crippen LogP contribution is 2.15. The molecule has 1 aromatic carbocycles. The van der Waals surface area contributed by atoms with E-state index in [-0.39, 0.29) is 6.73 Å². The van der Waals surface area contributed by atoms with E-state index in [9.17, 15) is 0 Å². The monoisotopic (exact) mass is 152 g/mol. The number of benzene rings is 1. The maximum Gasteiger partial charge on any atom is 0.184 e. The van der Waals surface area contributed by atoms with Crippen molar-refractivity contribution >= 4 is 5.69 Å². The van der Waals surface area contributed by atoms with Gasteiger partial charge in [-0.1, -0.05) is 18.2 Å². The van der Waals surface area contributed by atoms with Crippen molar-refractivity contribution in [1.82, 2.24) is 4.48 Å². The van der Waals surface area contributed by atoms with Crippen molar-refractivity contribution in [2.45, 2.75) is 0 Å². The normalized spacial score (nSPS) is 11.5. The van der Waals surface area contributed by atoms with Gasteiger partial charge in [0.25, 0.3) is 0 Å². The third-order valence-corrected chi connectivity index (χ3v) is 1.81. The Balaban J connectivity index is 2.93. The fraction of sp³-hybridized carbons (Fsp3) is 0.333. The van der Waals surface area contributed by atoms with Gasteiger partial charge in [-0.3, -0.25) is 4.48 Å². The van der Waals surface area contributed by atoms with Crippen LogP contribution in [0.2, 0.25) is 0 Å². The summed E-state index contributed by atoms with van der Waals surface area (Å²) in [6.07, 6.45) is 0. The average molecular weight is 152 g/mol. The Hall–Kier alpha value is -0.860. The zero-order valence-electron chi connectivity index (χ0n) is 6.99. The van der Waals surface area contributed by atoms with Crippen molar-refractivity contribution in [3.05, 3.63) is 30.3 Å². The fourth-order valence-electron chi connectivity index (χ4n) is 0.913. The molecule has 0 aromatic heterocycles. The molecule has 0 aliphatic rings. The van der Waals surface area contributed by atoms with E-state index in [4.69, 9.17) is 5.11 Å². The maximum atomic E-state index is 9.02. The Bertz CT molecular complexity index is 218. The van der Waals surface area contributed by atoms with E-state index in [1.807, 2.05) is 44.4 Å². The molecule has 0 saturated carbocycles. The molecule has 2 heteroatoms. The Labute approximate surface area is 67.3 Å². The number of para-hydroxylation sites is 1. The molecule has 0 aliphatic heterocycles. The van der Waals surface area contributed by atoms with E-state index in [1.165, 1.54) is 0 Å². The smallest absolute Gasteiger partial charge is 0.184 e. The number of hydrogen-bond donors (Lipinski definition) is 1. The average Bonchev–Trinajstić information content (AvgIpc) is 2.06. The van der Waals surface area contributed by atoms with Gasteiger partial charge >= 0.3 is 0 Å². The molecule has 0 unspecified atom stereocenters. The van der Waals surface area contributed by atoms with E-state index in [0.717, 1.165) is 5.69 Å². The molecule has 1 N–H and O–H groups in total. The van der Waals surface area contributed by atoms with Crippen LogP contribution in [0.3, 0.4) is 0 Å². The van der Waals surface area contributed by atoms with Gasteiger partial charge in [-0.2, -0.15) is 0 Å². The first-order valence-corrected chi connectivity index (χ1v) is 3.66. The molecule has 0 amide bonds. The van der Waals surface area contributed by atoms with E-state index < -0.39 is 0 Å². The first-order chi connectivity index (χ1) is 5.17. The summed E-state index contributed by atoms with van der Waals surface area (Å²) in [5, 5.41) is 9.02. The minimum atomic E-state index is 0.129. The van der Waals surface area contributed by atoms with Gasteiger partial charge in [0.15, 0.2) is 6.73 Å². The van der Waals surface area contributed by atoms with Crippen LogP contribution in [0.15, 0.2) is 30.3 Å². The number of quaternary nitrogens is 1. The van der Waals surface area contributed by atoms with Crippen LogP contribution in [0, 0.1) is 0 Å². The Morgan fingerprint density at radius 1 is 1.18 bits per heavy atom. The molecule has 0 atom stereocenters. The molecule has 0 aliphatic carbocycles. The first-order valence-electron chi connectivity index (χ1n) is 3.66. The topological polar surface area (TPSA) is 20.2 Å². The molecule has 0 saturated heterocycles. The quantitative estimate of drug-likeness (QED) is 0.499. The molecule has 0 radical (unpaired) electrons. The molecule has 0 bridgehead atoms. The van der Waals surface area contributed by atoms with Crippen LogP contribution < -0.4 is 4.48 Å². The number of nitrogens with zero attached hydrogens (tertiary/aromatic N) is 1. The van der Waals surface area contributed by atoms with Gasteiger partial charge in [-0.15, -0.1) is 0 Å². The summed E-state index contributed by atoms with van der Waals surface area (Å²) in [7, 11) is 3.94. The summed E-state index contributed by atoms with van der Waals surface area (Å²) in [6, 6.07) is 9.95. The van der Waals surface area contributed by atoms with E-state index in [2.05, 4.69) is 0 Å². The lowest BCUT2D eigenvalue weighted by molar-refractivity contribution is 0.159. The predicted molar refractivity (Wildman–Crippen MR) is 47.2 cm³/mol. The number of hydrogen-bond acceptors (Lipinski definition) is 1. The summed E-state index contributed by atoms with van der Waals surface area (Å²) >= 11 is 0. The molecule has 60 valence electrons. The Kier molecular flexibility index (Phi) is 2.27. The van der Waals surface area contributed by atoms with Crippen molar-refractivity contribution < 1.29 is 5.11 Å². The molecule has 0 heterocycles. The minimum Gasteiger partial charge on any atom is -0.347 e. The summed E-state index contributed by atoms with van der Waals surface area (Å²) in [4.78, 5) is 0. The van der Waals surface area contributed by atoms with Crippen LogP contribution >= 0.6 is 0 Å². The van der Waals surface area contributed by atoms with Crippen molar-refractivity contribution in [2.75, 3.05) is 20.8 Å². The minimum absolute atomic E-state index is 0.129. The fourth-order valence-corrected chi connectivity index (χ4v) is 0.913. The van der Waals surface area contributed by atoms with Crippen molar-refractivity contribution in [3.63, 3.8) is 0 Å². The molecule has 1 rings (SSSR count). The van der Waals surface area contributed by atoms with Gasteiger partial charge < -0.3 is 5.11 Å². The van der Waals surface area contributed by atoms with E-state index in [1.54, 1.807) is 0 Å². The Morgan fingerprint density at radius 2 is 1.73 bits per heavy atom. The largest absolute Gasteiger partial charge is 0.347 e. The number of aliphatic hydroxyl groups excluding tert-OH is 1. The van der Waals surface area contributed by atoms with Crippen LogP contribution in [-0.4, -0.2) is 25.9 Å². The van der Waals surface area contributed by atoms with E-state index >= 15 is 0 Å². The molecular weight excluding hydrogens is 138 g/mol. The predicted octanol–water partition coefficient (Wildman–Crippen LogP) is 1.20. The summed E-state index contributed by atoms with van der Waals surface area (Å²) < 4.78 is 0.515. The second kappa shape index (κ2) is 3.03. The van der Waals surface area contributed by atoms with Gasteiger partial charge in [-0.25, -0.2) is 0 Å². The van der Waals surface area contributed by atoms with Crippen molar-refractivity contribution in [1.29, 1.82) is 0 Å². The summed E-state index contributed by atoms with van der Waals surface area (Å²) in [6.45, 7) is 0.129. The highest BCUT2D eigenvalue weighted by Gasteiger charge is 2.15. The molecule has 1 aromatic rings. The van der Waals surface area contributed by atoms with Crippen LogP contribution in [-0.2, 0) is 0 Å². The van der Waals surface area contributed by atoms with Crippen molar-refractivity contribution in [2.24, 2.45) is 0 Å². The van der Waals surface area contributed by atoms with Gasteiger partial charge in [0.1, 0.15) is 5.69 Å². The lowest BCUT2D eigenvalue weighted by Crippen LogP contribution is -2.41.